The number of amides is 1. The molecule has 0 aromatic heterocycles. The van der Waals surface area contributed by atoms with Gasteiger partial charge in [0.05, 0.1) is 12.7 Å². The average Bonchev–Trinajstić information content (AvgIpc) is 2.43. The first-order valence-corrected chi connectivity index (χ1v) is 6.16. The van der Waals surface area contributed by atoms with Crippen molar-refractivity contribution in [3.63, 3.8) is 0 Å². The molecule has 1 saturated carbocycles. The zero-order valence-electron chi connectivity index (χ0n) is 9.99. The van der Waals surface area contributed by atoms with E-state index in [9.17, 15) is 4.79 Å². The van der Waals surface area contributed by atoms with Crippen LogP contribution in [0.25, 0.3) is 0 Å². The van der Waals surface area contributed by atoms with E-state index in [-0.39, 0.29) is 12.1 Å². The summed E-state index contributed by atoms with van der Waals surface area (Å²) in [5.41, 5.74) is 0. The molecule has 2 rings (SSSR count). The highest BCUT2D eigenvalue weighted by Gasteiger charge is 2.39. The van der Waals surface area contributed by atoms with Crippen LogP contribution in [0.5, 0.6) is 0 Å². The SMILES string of the molecule is CC(C)C1NCC(=O)N1C(C)C1CCC1. The van der Waals surface area contributed by atoms with Crippen molar-refractivity contribution in [2.45, 2.75) is 52.2 Å². The maximum atomic E-state index is 11.8. The predicted octanol–water partition coefficient (Wildman–Crippen LogP) is 1.59. The molecule has 1 heterocycles. The molecular formula is C12H22N2O. The molecule has 3 nitrogen and oxygen atoms in total. The smallest absolute Gasteiger partial charge is 0.238 e. The Bertz CT molecular complexity index is 248. The second-order valence-electron chi connectivity index (χ2n) is 5.30. The van der Waals surface area contributed by atoms with Gasteiger partial charge in [0.2, 0.25) is 5.91 Å². The number of nitrogens with zero attached hydrogens (tertiary/aromatic N) is 1. The molecule has 0 aromatic carbocycles. The van der Waals surface area contributed by atoms with Gasteiger partial charge in [-0.3, -0.25) is 10.1 Å². The Morgan fingerprint density at radius 3 is 2.47 bits per heavy atom. The summed E-state index contributed by atoms with van der Waals surface area (Å²) in [5, 5.41) is 3.32. The molecule has 2 fully saturated rings. The topological polar surface area (TPSA) is 32.3 Å². The van der Waals surface area contributed by atoms with Crippen molar-refractivity contribution in [3.05, 3.63) is 0 Å². The summed E-state index contributed by atoms with van der Waals surface area (Å²) >= 11 is 0. The average molecular weight is 210 g/mol. The van der Waals surface area contributed by atoms with Gasteiger partial charge in [-0.1, -0.05) is 20.3 Å². The minimum absolute atomic E-state index is 0.257. The Labute approximate surface area is 92.2 Å². The van der Waals surface area contributed by atoms with Gasteiger partial charge >= 0.3 is 0 Å². The first-order valence-electron chi connectivity index (χ1n) is 6.16. The van der Waals surface area contributed by atoms with Crippen LogP contribution in [-0.4, -0.2) is 29.6 Å². The van der Waals surface area contributed by atoms with Crippen LogP contribution >= 0.6 is 0 Å². The van der Waals surface area contributed by atoms with Crippen LogP contribution < -0.4 is 5.32 Å². The van der Waals surface area contributed by atoms with Crippen LogP contribution in [0.1, 0.15) is 40.0 Å². The summed E-state index contributed by atoms with van der Waals surface area (Å²) in [6.45, 7) is 7.09. The highest BCUT2D eigenvalue weighted by molar-refractivity contribution is 5.81. The summed E-state index contributed by atoms with van der Waals surface area (Å²) < 4.78 is 0. The van der Waals surface area contributed by atoms with Crippen LogP contribution in [-0.2, 0) is 4.79 Å². The Hall–Kier alpha value is -0.570. The van der Waals surface area contributed by atoms with E-state index in [1.54, 1.807) is 0 Å². The van der Waals surface area contributed by atoms with Gasteiger partial charge in [-0.15, -0.1) is 0 Å². The van der Waals surface area contributed by atoms with Crippen LogP contribution in [0.3, 0.4) is 0 Å². The van der Waals surface area contributed by atoms with Crippen molar-refractivity contribution < 1.29 is 4.79 Å². The van der Waals surface area contributed by atoms with Gasteiger partial charge in [0.1, 0.15) is 0 Å². The van der Waals surface area contributed by atoms with E-state index in [0.29, 0.717) is 18.5 Å². The summed E-state index contributed by atoms with van der Waals surface area (Å²) in [5.74, 6) is 1.53. The Morgan fingerprint density at radius 1 is 1.33 bits per heavy atom. The van der Waals surface area contributed by atoms with Crippen molar-refractivity contribution in [2.24, 2.45) is 11.8 Å². The molecule has 0 radical (unpaired) electrons. The van der Waals surface area contributed by atoms with E-state index in [4.69, 9.17) is 0 Å². The summed E-state index contributed by atoms with van der Waals surface area (Å²) in [6.07, 6.45) is 4.20. The van der Waals surface area contributed by atoms with Crippen molar-refractivity contribution in [1.82, 2.24) is 10.2 Å². The molecule has 86 valence electrons. The fourth-order valence-electron chi connectivity index (χ4n) is 2.72. The van der Waals surface area contributed by atoms with E-state index in [0.717, 1.165) is 5.92 Å². The third kappa shape index (κ3) is 1.89. The quantitative estimate of drug-likeness (QED) is 0.767. The van der Waals surface area contributed by atoms with Crippen LogP contribution in [0.2, 0.25) is 0 Å². The lowest BCUT2D eigenvalue weighted by Gasteiger charge is -2.40. The van der Waals surface area contributed by atoms with Gasteiger partial charge in [-0.25, -0.2) is 0 Å². The molecule has 15 heavy (non-hydrogen) atoms. The number of nitrogens with one attached hydrogen (secondary N) is 1. The van der Waals surface area contributed by atoms with Gasteiger partial charge in [0, 0.05) is 6.04 Å². The van der Waals surface area contributed by atoms with E-state index in [1.165, 1.54) is 19.3 Å². The Balaban J connectivity index is 2.05. The fourth-order valence-corrected chi connectivity index (χ4v) is 2.72. The zero-order valence-corrected chi connectivity index (χ0v) is 9.99. The largest absolute Gasteiger partial charge is 0.323 e. The summed E-state index contributed by atoms with van der Waals surface area (Å²) in [4.78, 5) is 13.9. The first kappa shape index (κ1) is 10.9. The normalized spacial score (nSPS) is 29.7. The van der Waals surface area contributed by atoms with Gasteiger partial charge in [0.15, 0.2) is 0 Å². The molecule has 3 heteroatoms. The summed E-state index contributed by atoms with van der Waals surface area (Å²) in [7, 11) is 0. The Kier molecular flexibility index (Phi) is 3.01. The molecule has 2 atom stereocenters. The van der Waals surface area contributed by atoms with Gasteiger partial charge in [0.25, 0.3) is 0 Å². The van der Waals surface area contributed by atoms with E-state index in [2.05, 4.69) is 31.0 Å². The molecule has 0 spiro atoms. The lowest BCUT2D eigenvalue weighted by Crippen LogP contribution is -2.50. The molecule has 1 amide bonds. The maximum absolute atomic E-state index is 11.8. The lowest BCUT2D eigenvalue weighted by molar-refractivity contribution is -0.132. The van der Waals surface area contributed by atoms with Crippen LogP contribution in [0, 0.1) is 11.8 Å². The monoisotopic (exact) mass is 210 g/mol. The van der Waals surface area contributed by atoms with Crippen molar-refractivity contribution in [1.29, 1.82) is 0 Å². The second-order valence-corrected chi connectivity index (χ2v) is 5.30. The molecule has 0 bridgehead atoms. The molecule has 2 aliphatic rings. The minimum atomic E-state index is 0.257. The van der Waals surface area contributed by atoms with E-state index >= 15 is 0 Å². The second kappa shape index (κ2) is 4.12. The highest BCUT2D eigenvalue weighted by atomic mass is 16.2. The van der Waals surface area contributed by atoms with Gasteiger partial charge in [-0.05, 0) is 31.6 Å². The number of carbonyl (C=O) groups is 1. The van der Waals surface area contributed by atoms with Gasteiger partial charge < -0.3 is 4.90 Å². The number of carbonyl (C=O) groups excluding carboxylic acids is 1. The van der Waals surface area contributed by atoms with Crippen LogP contribution in [0.4, 0.5) is 0 Å². The van der Waals surface area contributed by atoms with Crippen molar-refractivity contribution >= 4 is 5.91 Å². The molecule has 1 aliphatic carbocycles. The molecule has 1 N–H and O–H groups in total. The van der Waals surface area contributed by atoms with Gasteiger partial charge in [-0.2, -0.15) is 0 Å². The minimum Gasteiger partial charge on any atom is -0.323 e. The fraction of sp³-hybridized carbons (Fsp3) is 0.917. The number of hydrogen-bond donors (Lipinski definition) is 1. The predicted molar refractivity (Wildman–Crippen MR) is 60.3 cm³/mol. The number of rotatable bonds is 3. The van der Waals surface area contributed by atoms with E-state index < -0.39 is 0 Å². The zero-order chi connectivity index (χ0) is 11.0. The van der Waals surface area contributed by atoms with Crippen molar-refractivity contribution in [2.75, 3.05) is 6.54 Å². The lowest BCUT2D eigenvalue weighted by atomic mass is 9.79. The Morgan fingerprint density at radius 2 is 2.00 bits per heavy atom. The first-order chi connectivity index (χ1) is 7.11. The third-order valence-electron chi connectivity index (χ3n) is 3.95. The molecule has 1 aliphatic heterocycles. The molecule has 0 aromatic rings. The van der Waals surface area contributed by atoms with E-state index in [1.807, 2.05) is 0 Å². The standard InChI is InChI=1S/C12H22N2O/c1-8(2)12-13-7-11(15)14(12)9(3)10-5-4-6-10/h8-10,12-13H,4-7H2,1-3H3. The molecule has 2 unspecified atom stereocenters. The molecular weight excluding hydrogens is 188 g/mol. The maximum Gasteiger partial charge on any atom is 0.238 e. The third-order valence-corrected chi connectivity index (χ3v) is 3.95. The van der Waals surface area contributed by atoms with Crippen LogP contribution in [0.15, 0.2) is 0 Å². The number of hydrogen-bond acceptors (Lipinski definition) is 2. The highest BCUT2D eigenvalue weighted by Crippen LogP contribution is 2.34. The van der Waals surface area contributed by atoms with Crippen molar-refractivity contribution in [3.8, 4) is 0 Å². The summed E-state index contributed by atoms with van der Waals surface area (Å²) in [6, 6.07) is 0.425. The molecule has 1 saturated heterocycles.